The summed E-state index contributed by atoms with van der Waals surface area (Å²) in [6, 6.07) is 15.1. The quantitative estimate of drug-likeness (QED) is 0.648. The highest BCUT2D eigenvalue weighted by molar-refractivity contribution is 5.94. The summed E-state index contributed by atoms with van der Waals surface area (Å²) in [7, 11) is 0. The molecule has 0 radical (unpaired) electrons. The van der Waals surface area contributed by atoms with E-state index in [9.17, 15) is 4.79 Å². The van der Waals surface area contributed by atoms with Crippen LogP contribution < -0.4 is 10.2 Å². The molecule has 0 fully saturated rings. The number of rotatable bonds is 6. The summed E-state index contributed by atoms with van der Waals surface area (Å²) in [6.07, 6.45) is 1.64. The molecule has 0 heterocycles. The smallest absolute Gasteiger partial charge is 0.271 e. The van der Waals surface area contributed by atoms with Crippen LogP contribution in [0.1, 0.15) is 48.2 Å². The molecule has 0 spiro atoms. The molecule has 0 saturated heterocycles. The molecule has 2 rings (SSSR count). The average molecular weight is 310 g/mol. The van der Waals surface area contributed by atoms with Gasteiger partial charge in [0, 0.05) is 5.56 Å². The lowest BCUT2D eigenvalue weighted by Crippen LogP contribution is -2.17. The zero-order valence-corrected chi connectivity index (χ0v) is 13.7. The van der Waals surface area contributed by atoms with E-state index in [4.69, 9.17) is 4.74 Å². The Morgan fingerprint density at radius 1 is 1.13 bits per heavy atom. The van der Waals surface area contributed by atoms with Crippen LogP contribution in [0.2, 0.25) is 0 Å². The van der Waals surface area contributed by atoms with Crippen LogP contribution in [0.4, 0.5) is 0 Å². The molecule has 0 aromatic heterocycles. The first-order valence-corrected chi connectivity index (χ1v) is 7.76. The number of nitrogens with one attached hydrogen (secondary N) is 1. The Bertz CT molecular complexity index is 659. The fraction of sp³-hybridized carbons (Fsp3) is 0.263. The summed E-state index contributed by atoms with van der Waals surface area (Å²) in [4.78, 5) is 12.0. The Morgan fingerprint density at radius 2 is 1.78 bits per heavy atom. The summed E-state index contributed by atoms with van der Waals surface area (Å²) in [5.41, 5.74) is 5.29. The molecule has 0 unspecified atom stereocenters. The van der Waals surface area contributed by atoms with Gasteiger partial charge in [-0.25, -0.2) is 5.43 Å². The highest BCUT2D eigenvalue weighted by Gasteiger charge is 2.04. The standard InChI is InChI=1S/C19H22N2O2/c1-4-23-18-11-9-17(10-12-18)19(22)21-20-13-15-5-7-16(8-6-15)14(2)3/h5-14H,4H2,1-3H3,(H,21,22)/b20-13-. The molecule has 2 aromatic carbocycles. The lowest BCUT2D eigenvalue weighted by atomic mass is 10.0. The third kappa shape index (κ3) is 4.95. The van der Waals surface area contributed by atoms with E-state index in [0.717, 1.165) is 11.3 Å². The van der Waals surface area contributed by atoms with Gasteiger partial charge in [0.15, 0.2) is 0 Å². The summed E-state index contributed by atoms with van der Waals surface area (Å²) < 4.78 is 5.34. The summed E-state index contributed by atoms with van der Waals surface area (Å²) in [5, 5.41) is 4.00. The van der Waals surface area contributed by atoms with E-state index in [0.29, 0.717) is 18.1 Å². The third-order valence-corrected chi connectivity index (χ3v) is 3.41. The monoisotopic (exact) mass is 310 g/mol. The van der Waals surface area contributed by atoms with Gasteiger partial charge < -0.3 is 4.74 Å². The van der Waals surface area contributed by atoms with Crippen molar-refractivity contribution in [1.29, 1.82) is 0 Å². The van der Waals surface area contributed by atoms with Gasteiger partial charge in [-0.1, -0.05) is 38.1 Å². The van der Waals surface area contributed by atoms with E-state index in [2.05, 4.69) is 36.5 Å². The van der Waals surface area contributed by atoms with Crippen LogP contribution in [0, 0.1) is 0 Å². The number of hydrogen-bond donors (Lipinski definition) is 1. The van der Waals surface area contributed by atoms with Crippen LogP contribution in [0.15, 0.2) is 53.6 Å². The zero-order chi connectivity index (χ0) is 16.7. The fourth-order valence-corrected chi connectivity index (χ4v) is 2.07. The number of amides is 1. The topological polar surface area (TPSA) is 50.7 Å². The van der Waals surface area contributed by atoms with Gasteiger partial charge in [-0.15, -0.1) is 0 Å². The minimum Gasteiger partial charge on any atom is -0.494 e. The number of hydrazone groups is 1. The van der Waals surface area contributed by atoms with Gasteiger partial charge in [-0.05, 0) is 48.2 Å². The maximum atomic E-state index is 12.0. The molecule has 1 N–H and O–H groups in total. The van der Waals surface area contributed by atoms with Crippen molar-refractivity contribution in [2.75, 3.05) is 6.61 Å². The Balaban J connectivity index is 1.92. The predicted molar refractivity (Wildman–Crippen MR) is 93.2 cm³/mol. The van der Waals surface area contributed by atoms with Gasteiger partial charge in [0.1, 0.15) is 5.75 Å². The van der Waals surface area contributed by atoms with E-state index in [1.54, 1.807) is 30.5 Å². The number of benzene rings is 2. The molecule has 0 aliphatic heterocycles. The first kappa shape index (κ1) is 16.7. The van der Waals surface area contributed by atoms with Gasteiger partial charge in [0.2, 0.25) is 0 Å². The summed E-state index contributed by atoms with van der Waals surface area (Å²) in [5.74, 6) is 1.00. The molecule has 0 atom stereocenters. The Kier molecular flexibility index (Phi) is 5.92. The van der Waals surface area contributed by atoms with Gasteiger partial charge in [-0.2, -0.15) is 5.10 Å². The van der Waals surface area contributed by atoms with Crippen molar-refractivity contribution < 1.29 is 9.53 Å². The lowest BCUT2D eigenvalue weighted by molar-refractivity contribution is 0.0955. The summed E-state index contributed by atoms with van der Waals surface area (Å²) in [6.45, 7) is 6.83. The fourth-order valence-electron chi connectivity index (χ4n) is 2.07. The number of nitrogens with zero attached hydrogens (tertiary/aromatic N) is 1. The van der Waals surface area contributed by atoms with E-state index in [1.807, 2.05) is 19.1 Å². The van der Waals surface area contributed by atoms with Gasteiger partial charge in [-0.3, -0.25) is 4.79 Å². The lowest BCUT2D eigenvalue weighted by Gasteiger charge is -2.05. The molecule has 0 bridgehead atoms. The summed E-state index contributed by atoms with van der Waals surface area (Å²) >= 11 is 0. The van der Waals surface area contributed by atoms with Crippen molar-refractivity contribution in [3.05, 3.63) is 65.2 Å². The van der Waals surface area contributed by atoms with E-state index >= 15 is 0 Å². The van der Waals surface area contributed by atoms with Crippen molar-refractivity contribution in [2.24, 2.45) is 5.10 Å². The van der Waals surface area contributed by atoms with Crippen LogP contribution in [-0.2, 0) is 0 Å². The van der Waals surface area contributed by atoms with Gasteiger partial charge in [0.05, 0.1) is 12.8 Å². The molecular weight excluding hydrogens is 288 g/mol. The third-order valence-electron chi connectivity index (χ3n) is 3.41. The van der Waals surface area contributed by atoms with Crippen molar-refractivity contribution in [3.8, 4) is 5.75 Å². The van der Waals surface area contributed by atoms with Gasteiger partial charge >= 0.3 is 0 Å². The van der Waals surface area contributed by atoms with E-state index in [-0.39, 0.29) is 5.91 Å². The Hall–Kier alpha value is -2.62. The minimum absolute atomic E-state index is 0.247. The molecular formula is C19H22N2O2. The van der Waals surface area contributed by atoms with E-state index in [1.165, 1.54) is 5.56 Å². The van der Waals surface area contributed by atoms with Crippen LogP contribution in [-0.4, -0.2) is 18.7 Å². The maximum absolute atomic E-state index is 12.0. The molecule has 2 aromatic rings. The van der Waals surface area contributed by atoms with Crippen molar-refractivity contribution in [2.45, 2.75) is 26.7 Å². The van der Waals surface area contributed by atoms with Gasteiger partial charge in [0.25, 0.3) is 5.91 Å². The molecule has 23 heavy (non-hydrogen) atoms. The number of carbonyl (C=O) groups is 1. The Morgan fingerprint density at radius 3 is 2.35 bits per heavy atom. The molecule has 1 amide bonds. The zero-order valence-electron chi connectivity index (χ0n) is 13.7. The molecule has 0 saturated carbocycles. The molecule has 4 nitrogen and oxygen atoms in total. The molecule has 120 valence electrons. The molecule has 0 aliphatic rings. The maximum Gasteiger partial charge on any atom is 0.271 e. The second kappa shape index (κ2) is 8.13. The first-order chi connectivity index (χ1) is 11.1. The second-order valence-electron chi connectivity index (χ2n) is 5.48. The van der Waals surface area contributed by atoms with Crippen LogP contribution in [0.5, 0.6) is 5.75 Å². The minimum atomic E-state index is -0.247. The predicted octanol–water partition coefficient (Wildman–Crippen LogP) is 3.97. The van der Waals surface area contributed by atoms with Crippen LogP contribution >= 0.6 is 0 Å². The van der Waals surface area contributed by atoms with Crippen molar-refractivity contribution >= 4 is 12.1 Å². The van der Waals surface area contributed by atoms with Crippen molar-refractivity contribution in [1.82, 2.24) is 5.43 Å². The number of carbonyl (C=O) groups excluding carboxylic acids is 1. The average Bonchev–Trinajstić information content (AvgIpc) is 2.56. The largest absolute Gasteiger partial charge is 0.494 e. The normalized spacial score (nSPS) is 11.0. The molecule has 4 heteroatoms. The highest BCUT2D eigenvalue weighted by Crippen LogP contribution is 2.14. The van der Waals surface area contributed by atoms with Crippen molar-refractivity contribution in [3.63, 3.8) is 0 Å². The number of ether oxygens (including phenoxy) is 1. The number of hydrogen-bond acceptors (Lipinski definition) is 3. The highest BCUT2D eigenvalue weighted by atomic mass is 16.5. The van der Waals surface area contributed by atoms with Crippen LogP contribution in [0.25, 0.3) is 0 Å². The second-order valence-corrected chi connectivity index (χ2v) is 5.48. The molecule has 0 aliphatic carbocycles. The van der Waals surface area contributed by atoms with E-state index < -0.39 is 0 Å². The van der Waals surface area contributed by atoms with Crippen LogP contribution in [0.3, 0.4) is 0 Å². The Labute approximate surface area is 137 Å². The SMILES string of the molecule is CCOc1ccc(C(=O)N/N=C\c2ccc(C(C)C)cc2)cc1. The first-order valence-electron chi connectivity index (χ1n) is 7.76.